The predicted octanol–water partition coefficient (Wildman–Crippen LogP) is -0.0768. The largest absolute Gasteiger partial charge is 0.379 e. The van der Waals surface area contributed by atoms with Crippen LogP contribution >= 0.6 is 0 Å². The van der Waals surface area contributed by atoms with E-state index in [1.165, 1.54) is 5.34 Å². The van der Waals surface area contributed by atoms with Crippen molar-refractivity contribution in [2.75, 3.05) is 0 Å². The minimum absolute atomic E-state index is 0. The average Bonchev–Trinajstić information content (AvgIpc) is 0.918. The van der Waals surface area contributed by atoms with Crippen molar-refractivity contribution in [2.24, 2.45) is 5.34 Å². The first-order chi connectivity index (χ1) is 1.41. The molecular formula is H4BN2O2. The first-order valence-electron chi connectivity index (χ1n) is 0.383. The van der Waals surface area contributed by atoms with Gasteiger partial charge in [0.15, 0.2) is 5.34 Å². The van der Waals surface area contributed by atoms with E-state index >= 15 is 0 Å². The second kappa shape index (κ2) is 112. The zero-order valence-corrected chi connectivity index (χ0v) is 2.59. The molecule has 0 aromatic heterocycles. The molecule has 0 aromatic rings. The summed E-state index contributed by atoms with van der Waals surface area (Å²) in [7, 11) is 0. The maximum absolute atomic E-state index is 8.11. The fraction of sp³-hybridized carbons (Fsp3) is 0. The highest BCUT2D eigenvalue weighted by Crippen LogP contribution is 1.25. The van der Waals surface area contributed by atoms with Crippen molar-refractivity contribution in [3.8, 4) is 0 Å². The molecule has 4 N–H and O–H groups in total. The molecule has 0 aliphatic heterocycles. The minimum atomic E-state index is 0. The van der Waals surface area contributed by atoms with Gasteiger partial charge in [-0.2, -0.15) is 0 Å². The van der Waals surface area contributed by atoms with E-state index in [0.29, 0.717) is 0 Å². The van der Waals surface area contributed by atoms with E-state index in [0.717, 1.165) is 0 Å². The first-order valence-corrected chi connectivity index (χ1v) is 0.383. The standard InChI is InChI=1S/B.HNO2.H3N/c;2-1-3;/h;(H,2,3);1H3. The summed E-state index contributed by atoms with van der Waals surface area (Å²) in [5.41, 5.74) is 0. The van der Waals surface area contributed by atoms with Gasteiger partial charge in [-0.05, 0) is 0 Å². The molecule has 0 amide bonds. The summed E-state index contributed by atoms with van der Waals surface area (Å²) in [5, 5.41) is 7.89. The fourth-order valence-corrected chi connectivity index (χ4v) is 0. The molecule has 0 fully saturated rings. The summed E-state index contributed by atoms with van der Waals surface area (Å²) in [6.45, 7) is 0. The lowest BCUT2D eigenvalue weighted by Gasteiger charge is -1.32. The SMILES string of the molecule is N.O=NO.[B]. The Hall–Kier alpha value is -0.575. The summed E-state index contributed by atoms with van der Waals surface area (Å²) in [6.07, 6.45) is 0. The minimum Gasteiger partial charge on any atom is -0.379 e. The molecule has 3 radical (unpaired) electrons. The first kappa shape index (κ1) is 25.6. The van der Waals surface area contributed by atoms with Crippen LogP contribution in [0.25, 0.3) is 0 Å². The number of hydrogen-bond acceptors (Lipinski definition) is 3. The normalized spacial score (nSPS) is 2.40. The van der Waals surface area contributed by atoms with Gasteiger partial charge in [0.2, 0.25) is 0 Å². The maximum atomic E-state index is 8.11. The van der Waals surface area contributed by atoms with E-state index in [9.17, 15) is 0 Å². The molecule has 5 heteroatoms. The molecule has 0 saturated carbocycles. The highest BCUT2D eigenvalue weighted by Gasteiger charge is 1.18. The number of hydrogen-bond donors (Lipinski definition) is 2. The molecule has 0 heterocycles. The third-order valence-corrected chi connectivity index (χ3v) is 0. The Morgan fingerprint density at radius 2 is 1.60 bits per heavy atom. The van der Waals surface area contributed by atoms with Crippen LogP contribution in [0.3, 0.4) is 0 Å². The van der Waals surface area contributed by atoms with Gasteiger partial charge >= 0.3 is 0 Å². The Bertz CT molecular complexity index is 15.1. The van der Waals surface area contributed by atoms with E-state index in [1.54, 1.807) is 0 Å². The summed E-state index contributed by atoms with van der Waals surface area (Å²) >= 11 is 0. The van der Waals surface area contributed by atoms with E-state index in [-0.39, 0.29) is 14.6 Å². The van der Waals surface area contributed by atoms with Gasteiger partial charge in [0.25, 0.3) is 0 Å². The quantitative estimate of drug-likeness (QED) is 0.240. The Balaban J connectivity index is -0.0000000200. The zero-order chi connectivity index (χ0) is 2.71. The van der Waals surface area contributed by atoms with Crippen LogP contribution in [0.15, 0.2) is 5.34 Å². The lowest BCUT2D eigenvalue weighted by atomic mass is 10.8. The zero-order valence-electron chi connectivity index (χ0n) is 2.59. The van der Waals surface area contributed by atoms with Crippen molar-refractivity contribution in [1.29, 1.82) is 0 Å². The number of rotatable bonds is 0. The van der Waals surface area contributed by atoms with Gasteiger partial charge in [-0.1, -0.05) is 0 Å². The molecule has 0 unspecified atom stereocenters. The van der Waals surface area contributed by atoms with Gasteiger partial charge in [0, 0.05) is 8.41 Å². The van der Waals surface area contributed by atoms with Gasteiger partial charge in [0.05, 0.1) is 0 Å². The van der Waals surface area contributed by atoms with Crippen molar-refractivity contribution in [3.63, 3.8) is 0 Å². The van der Waals surface area contributed by atoms with E-state index in [1.807, 2.05) is 0 Å². The van der Waals surface area contributed by atoms with Crippen LogP contribution in [0.4, 0.5) is 0 Å². The third kappa shape index (κ3) is 21.0. The molecule has 29 valence electrons. The number of nitrogens with zero attached hydrogens (tertiary/aromatic N) is 1. The van der Waals surface area contributed by atoms with Crippen molar-refractivity contribution in [3.05, 3.63) is 4.91 Å². The Kier molecular flexibility index (Phi) is 570. The van der Waals surface area contributed by atoms with Gasteiger partial charge in [-0.3, -0.25) is 0 Å². The van der Waals surface area contributed by atoms with Crippen molar-refractivity contribution < 1.29 is 5.21 Å². The molecule has 4 nitrogen and oxygen atoms in total. The molecule has 5 heavy (non-hydrogen) atoms. The van der Waals surface area contributed by atoms with Crippen LogP contribution < -0.4 is 6.15 Å². The van der Waals surface area contributed by atoms with E-state index < -0.39 is 0 Å². The van der Waals surface area contributed by atoms with Gasteiger partial charge in [-0.15, -0.1) is 4.91 Å². The van der Waals surface area contributed by atoms with E-state index in [2.05, 4.69) is 0 Å². The average molecular weight is 74.9 g/mol. The summed E-state index contributed by atoms with van der Waals surface area (Å²) < 4.78 is 0. The highest BCUT2D eigenvalue weighted by molar-refractivity contribution is 5.75. The molecule has 0 aliphatic rings. The molecule has 0 saturated heterocycles. The summed E-state index contributed by atoms with van der Waals surface area (Å²) in [5.74, 6) is 0. The maximum Gasteiger partial charge on any atom is 0.152 e. The molecule has 0 atom stereocenters. The monoisotopic (exact) mass is 75.0 g/mol. The topological polar surface area (TPSA) is 84.7 Å². The highest BCUT2D eigenvalue weighted by atomic mass is 16.6. The molecule has 0 bridgehead atoms. The van der Waals surface area contributed by atoms with Crippen LogP contribution in [-0.2, 0) is 0 Å². The van der Waals surface area contributed by atoms with Crippen LogP contribution in [-0.4, -0.2) is 13.6 Å². The van der Waals surface area contributed by atoms with Crippen molar-refractivity contribution >= 4 is 8.41 Å². The van der Waals surface area contributed by atoms with E-state index in [4.69, 9.17) is 10.1 Å². The predicted molar refractivity (Wildman–Crippen MR) is 18.4 cm³/mol. The second-order valence-electron chi connectivity index (χ2n) is 0.0816. The lowest BCUT2D eigenvalue weighted by Crippen LogP contribution is -1.25. The lowest BCUT2D eigenvalue weighted by molar-refractivity contribution is 0.312. The molecular weight excluding hydrogens is 70.8 g/mol. The van der Waals surface area contributed by atoms with Crippen molar-refractivity contribution in [2.45, 2.75) is 0 Å². The molecule has 0 aromatic carbocycles. The Morgan fingerprint density at radius 3 is 1.60 bits per heavy atom. The smallest absolute Gasteiger partial charge is 0.152 e. The molecule has 0 spiro atoms. The Morgan fingerprint density at radius 1 is 1.60 bits per heavy atom. The van der Waals surface area contributed by atoms with Crippen LogP contribution in [0, 0.1) is 4.91 Å². The summed E-state index contributed by atoms with van der Waals surface area (Å²) in [6, 6.07) is 0. The molecule has 0 aliphatic carbocycles. The third-order valence-electron chi connectivity index (χ3n) is 0. The van der Waals surface area contributed by atoms with Gasteiger partial charge in [0.1, 0.15) is 0 Å². The van der Waals surface area contributed by atoms with Gasteiger partial charge < -0.3 is 11.4 Å². The fourth-order valence-electron chi connectivity index (χ4n) is 0. The molecule has 0 rings (SSSR count). The summed E-state index contributed by atoms with van der Waals surface area (Å²) in [4.78, 5) is 8.11. The van der Waals surface area contributed by atoms with Gasteiger partial charge in [-0.25, -0.2) is 0 Å². The second-order valence-corrected chi connectivity index (χ2v) is 0.0816. The van der Waals surface area contributed by atoms with Crippen LogP contribution in [0.5, 0.6) is 0 Å². The van der Waals surface area contributed by atoms with Crippen molar-refractivity contribution in [1.82, 2.24) is 6.15 Å². The Labute approximate surface area is 31.3 Å². The van der Waals surface area contributed by atoms with Crippen LogP contribution in [0.2, 0.25) is 0 Å². The van der Waals surface area contributed by atoms with Crippen LogP contribution in [0.1, 0.15) is 0 Å².